The Labute approximate surface area is 192 Å². The Bertz CT molecular complexity index is 1400. The lowest BCUT2D eigenvalue weighted by molar-refractivity contribution is -0.116. The van der Waals surface area contributed by atoms with E-state index in [4.69, 9.17) is 4.74 Å². The number of hydrogen-bond acceptors (Lipinski definition) is 8. The molecular formula is C23H18N4O3S2. The number of para-hydroxylation sites is 1. The molecule has 7 nitrogen and oxygen atoms in total. The molecule has 0 radical (unpaired) electrons. The first-order valence-corrected chi connectivity index (χ1v) is 11.5. The molecule has 32 heavy (non-hydrogen) atoms. The number of methoxy groups -OCH3 is 1. The maximum Gasteiger partial charge on any atom is 0.266 e. The summed E-state index contributed by atoms with van der Waals surface area (Å²) in [6, 6.07) is 16.2. The summed E-state index contributed by atoms with van der Waals surface area (Å²) in [5.74, 6) is -0.658. The Balaban J connectivity index is 1.73. The molecule has 0 bridgehead atoms. The summed E-state index contributed by atoms with van der Waals surface area (Å²) >= 11 is 2.42. The molecule has 9 heteroatoms. The van der Waals surface area contributed by atoms with Crippen molar-refractivity contribution in [3.05, 3.63) is 75.0 Å². The molecule has 0 fully saturated rings. The fourth-order valence-electron chi connectivity index (χ4n) is 3.18. The van der Waals surface area contributed by atoms with Gasteiger partial charge in [0.15, 0.2) is 16.9 Å². The summed E-state index contributed by atoms with van der Waals surface area (Å²) in [6.07, 6.45) is 0. The first-order valence-electron chi connectivity index (χ1n) is 9.65. The topological polar surface area (TPSA) is 97.9 Å². The number of carbonyl (C=O) groups excluding carboxylic acids is 1. The average Bonchev–Trinajstić information content (AvgIpc) is 3.24. The highest BCUT2D eigenvalue weighted by Gasteiger charge is 2.24. The van der Waals surface area contributed by atoms with Crippen molar-refractivity contribution in [1.82, 2.24) is 14.5 Å². The van der Waals surface area contributed by atoms with E-state index in [0.29, 0.717) is 32.5 Å². The number of aryl methyl sites for hydroxylation is 1. The van der Waals surface area contributed by atoms with Crippen molar-refractivity contribution >= 4 is 39.8 Å². The van der Waals surface area contributed by atoms with E-state index in [-0.39, 0.29) is 17.1 Å². The van der Waals surface area contributed by atoms with Crippen molar-refractivity contribution in [1.29, 1.82) is 5.26 Å². The van der Waals surface area contributed by atoms with Gasteiger partial charge in [0.2, 0.25) is 0 Å². The molecule has 0 aliphatic heterocycles. The van der Waals surface area contributed by atoms with Gasteiger partial charge in [-0.3, -0.25) is 14.2 Å². The van der Waals surface area contributed by atoms with E-state index in [1.54, 1.807) is 55.6 Å². The second-order valence-electron chi connectivity index (χ2n) is 6.90. The van der Waals surface area contributed by atoms with E-state index in [1.807, 2.05) is 18.4 Å². The molecule has 2 heterocycles. The third-order valence-electron chi connectivity index (χ3n) is 4.73. The Kier molecular flexibility index (Phi) is 6.35. The molecule has 0 saturated heterocycles. The van der Waals surface area contributed by atoms with E-state index >= 15 is 0 Å². The van der Waals surface area contributed by atoms with E-state index in [0.717, 1.165) is 17.5 Å². The number of thiazole rings is 1. The molecule has 0 aliphatic rings. The zero-order chi connectivity index (χ0) is 22.7. The number of ether oxygens (including phenoxy) is 1. The van der Waals surface area contributed by atoms with Crippen LogP contribution in [-0.2, 0) is 4.79 Å². The van der Waals surface area contributed by atoms with Crippen LogP contribution in [0.25, 0.3) is 16.6 Å². The van der Waals surface area contributed by atoms with Gasteiger partial charge in [0, 0.05) is 17.1 Å². The van der Waals surface area contributed by atoms with Crippen molar-refractivity contribution in [2.75, 3.05) is 12.9 Å². The Morgan fingerprint density at radius 2 is 2.06 bits per heavy atom. The first-order chi connectivity index (χ1) is 15.5. The summed E-state index contributed by atoms with van der Waals surface area (Å²) in [5.41, 5.74) is 1.65. The predicted octanol–water partition coefficient (Wildman–Crippen LogP) is 4.13. The monoisotopic (exact) mass is 462 g/mol. The van der Waals surface area contributed by atoms with Gasteiger partial charge < -0.3 is 4.74 Å². The molecular weight excluding hydrogens is 444 g/mol. The average molecular weight is 463 g/mol. The number of Topliss-reactive ketones (excluding diaryl/α,β-unsaturated/α-hetero) is 1. The quantitative estimate of drug-likeness (QED) is 0.301. The summed E-state index contributed by atoms with van der Waals surface area (Å²) in [7, 11) is 1.55. The van der Waals surface area contributed by atoms with Gasteiger partial charge in [-0.25, -0.2) is 9.97 Å². The molecule has 0 spiro atoms. The van der Waals surface area contributed by atoms with Gasteiger partial charge in [-0.15, -0.1) is 11.3 Å². The standard InChI is InChI=1S/C23H18N4O3S2/c1-14-12-31-21(25-14)18(11-24)20(28)13-32-23-26-19-9-4-3-8-17(19)22(29)27(23)15-6-5-7-16(10-15)30-2/h3-10,12,18H,13H2,1-2H3/t18-/m1/s1. The largest absolute Gasteiger partial charge is 0.497 e. The van der Waals surface area contributed by atoms with Crippen LogP contribution in [0.5, 0.6) is 5.75 Å². The minimum Gasteiger partial charge on any atom is -0.497 e. The Morgan fingerprint density at radius 3 is 2.78 bits per heavy atom. The SMILES string of the molecule is COc1cccc(-n2c(SCC(=O)[C@@H](C#N)c3nc(C)cs3)nc3ccccc3c2=O)c1. The summed E-state index contributed by atoms with van der Waals surface area (Å²) in [5, 5.41) is 12.7. The number of thioether (sulfide) groups is 1. The van der Waals surface area contributed by atoms with Crippen LogP contribution in [0.3, 0.4) is 0 Å². The predicted molar refractivity (Wildman–Crippen MR) is 125 cm³/mol. The maximum absolute atomic E-state index is 13.3. The van der Waals surface area contributed by atoms with Gasteiger partial charge in [0.05, 0.1) is 35.5 Å². The molecule has 0 aliphatic carbocycles. The van der Waals surface area contributed by atoms with Gasteiger partial charge in [0.25, 0.3) is 5.56 Å². The fraction of sp³-hybridized carbons (Fsp3) is 0.174. The number of benzene rings is 2. The molecule has 4 aromatic rings. The van der Waals surface area contributed by atoms with E-state index in [2.05, 4.69) is 9.97 Å². The lowest BCUT2D eigenvalue weighted by atomic mass is 10.1. The maximum atomic E-state index is 13.3. The first kappa shape index (κ1) is 21.7. The lowest BCUT2D eigenvalue weighted by Crippen LogP contribution is -2.22. The third kappa shape index (κ3) is 4.28. The number of rotatable bonds is 7. The number of ketones is 1. The van der Waals surface area contributed by atoms with Crippen LogP contribution >= 0.6 is 23.1 Å². The van der Waals surface area contributed by atoms with Crippen molar-refractivity contribution in [3.63, 3.8) is 0 Å². The highest BCUT2D eigenvalue weighted by Crippen LogP contribution is 2.27. The van der Waals surface area contributed by atoms with Crippen LogP contribution < -0.4 is 10.3 Å². The van der Waals surface area contributed by atoms with Crippen LogP contribution in [-0.4, -0.2) is 33.2 Å². The smallest absolute Gasteiger partial charge is 0.266 e. The zero-order valence-corrected chi connectivity index (χ0v) is 18.9. The van der Waals surface area contributed by atoms with E-state index in [9.17, 15) is 14.9 Å². The Hall–Kier alpha value is -3.48. The third-order valence-corrected chi connectivity index (χ3v) is 6.72. The van der Waals surface area contributed by atoms with Crippen LogP contribution in [0.4, 0.5) is 0 Å². The summed E-state index contributed by atoms with van der Waals surface area (Å²) in [4.78, 5) is 35.1. The van der Waals surface area contributed by atoms with Gasteiger partial charge >= 0.3 is 0 Å². The number of hydrogen-bond donors (Lipinski definition) is 0. The number of nitriles is 1. The molecule has 2 aromatic carbocycles. The van der Waals surface area contributed by atoms with Crippen LogP contribution in [0, 0.1) is 18.3 Å². The molecule has 1 atom stereocenters. The van der Waals surface area contributed by atoms with Crippen LogP contribution in [0.2, 0.25) is 0 Å². The Morgan fingerprint density at radius 1 is 1.25 bits per heavy atom. The second kappa shape index (κ2) is 9.34. The summed E-state index contributed by atoms with van der Waals surface area (Å²) < 4.78 is 6.77. The number of fused-ring (bicyclic) bond motifs is 1. The fourth-order valence-corrected chi connectivity index (χ4v) is 4.95. The van der Waals surface area contributed by atoms with Crippen molar-refractivity contribution in [2.45, 2.75) is 18.0 Å². The van der Waals surface area contributed by atoms with Gasteiger partial charge in [-0.2, -0.15) is 5.26 Å². The minimum absolute atomic E-state index is 0.0222. The number of aromatic nitrogens is 3. The molecule has 0 amide bonds. The molecule has 0 saturated carbocycles. The molecule has 0 unspecified atom stereocenters. The van der Waals surface area contributed by atoms with Crippen LogP contribution in [0.15, 0.2) is 63.9 Å². The highest BCUT2D eigenvalue weighted by atomic mass is 32.2. The minimum atomic E-state index is -0.946. The van der Waals surface area contributed by atoms with Gasteiger partial charge in [0.1, 0.15) is 10.8 Å². The van der Waals surface area contributed by atoms with Gasteiger partial charge in [-0.1, -0.05) is 30.0 Å². The lowest BCUT2D eigenvalue weighted by Gasteiger charge is -2.14. The van der Waals surface area contributed by atoms with Crippen LogP contribution in [0.1, 0.15) is 16.6 Å². The molecule has 0 N–H and O–H groups in total. The normalized spacial score (nSPS) is 11.8. The van der Waals surface area contributed by atoms with Crippen molar-refractivity contribution in [3.8, 4) is 17.5 Å². The van der Waals surface area contributed by atoms with Gasteiger partial charge in [-0.05, 0) is 31.2 Å². The highest BCUT2D eigenvalue weighted by molar-refractivity contribution is 7.99. The van der Waals surface area contributed by atoms with E-state index < -0.39 is 5.92 Å². The van der Waals surface area contributed by atoms with E-state index in [1.165, 1.54) is 15.9 Å². The van der Waals surface area contributed by atoms with Crippen molar-refractivity contribution < 1.29 is 9.53 Å². The van der Waals surface area contributed by atoms with Crippen molar-refractivity contribution in [2.24, 2.45) is 0 Å². The zero-order valence-electron chi connectivity index (χ0n) is 17.3. The number of nitrogens with zero attached hydrogens (tertiary/aromatic N) is 4. The molecule has 160 valence electrons. The summed E-state index contributed by atoms with van der Waals surface area (Å²) in [6.45, 7) is 1.82. The molecule has 4 rings (SSSR count). The number of carbonyl (C=O) groups is 1. The molecule has 2 aromatic heterocycles. The second-order valence-corrected chi connectivity index (χ2v) is 8.73.